The van der Waals surface area contributed by atoms with Crippen LogP contribution >= 0.6 is 0 Å². The van der Waals surface area contributed by atoms with Crippen molar-refractivity contribution in [2.75, 3.05) is 13.6 Å². The Bertz CT molecular complexity index is 461. The number of carbonyl (C=O) groups is 3. The molecule has 7 heteroatoms. The lowest BCUT2D eigenvalue weighted by Crippen LogP contribution is -2.48. The molecule has 1 unspecified atom stereocenters. The molecule has 2 rings (SSSR count). The zero-order chi connectivity index (χ0) is 14.7. The SMILES string of the molecule is CN1N=C(C(=O)N2CCCCCC2C(=O)O)CCC1=O. The predicted molar refractivity (Wildman–Crippen MR) is 71.0 cm³/mol. The fourth-order valence-electron chi connectivity index (χ4n) is 2.60. The molecule has 2 aliphatic rings. The van der Waals surface area contributed by atoms with E-state index in [1.165, 1.54) is 11.9 Å². The first-order valence-electron chi connectivity index (χ1n) is 6.88. The van der Waals surface area contributed by atoms with Gasteiger partial charge in [-0.05, 0) is 12.8 Å². The Morgan fingerprint density at radius 2 is 2.00 bits per heavy atom. The van der Waals surface area contributed by atoms with E-state index in [1.807, 2.05) is 0 Å². The van der Waals surface area contributed by atoms with Crippen LogP contribution in [0.4, 0.5) is 0 Å². The normalized spacial score (nSPS) is 24.1. The highest BCUT2D eigenvalue weighted by molar-refractivity contribution is 6.39. The van der Waals surface area contributed by atoms with Crippen LogP contribution in [0.1, 0.15) is 38.5 Å². The third-order valence-electron chi connectivity index (χ3n) is 3.75. The van der Waals surface area contributed by atoms with Gasteiger partial charge in [0, 0.05) is 26.4 Å². The Labute approximate surface area is 117 Å². The van der Waals surface area contributed by atoms with Gasteiger partial charge >= 0.3 is 5.97 Å². The highest BCUT2D eigenvalue weighted by Gasteiger charge is 2.34. The molecule has 2 heterocycles. The number of aliphatic carboxylic acids is 1. The zero-order valence-corrected chi connectivity index (χ0v) is 11.5. The van der Waals surface area contributed by atoms with Gasteiger partial charge in [-0.15, -0.1) is 0 Å². The largest absolute Gasteiger partial charge is 0.480 e. The topological polar surface area (TPSA) is 90.3 Å². The van der Waals surface area contributed by atoms with Crippen molar-refractivity contribution in [1.82, 2.24) is 9.91 Å². The molecule has 20 heavy (non-hydrogen) atoms. The maximum absolute atomic E-state index is 12.5. The van der Waals surface area contributed by atoms with Gasteiger partial charge in [0.2, 0.25) is 5.91 Å². The number of amides is 2. The van der Waals surface area contributed by atoms with Gasteiger partial charge in [0.05, 0.1) is 0 Å². The third kappa shape index (κ3) is 2.97. The number of carboxylic acids is 1. The van der Waals surface area contributed by atoms with Crippen molar-refractivity contribution in [3.8, 4) is 0 Å². The number of hydrazone groups is 1. The van der Waals surface area contributed by atoms with Crippen molar-refractivity contribution in [3.63, 3.8) is 0 Å². The molecular weight excluding hydrogens is 262 g/mol. The number of rotatable bonds is 2. The summed E-state index contributed by atoms with van der Waals surface area (Å²) in [6.45, 7) is 0.437. The zero-order valence-electron chi connectivity index (χ0n) is 11.5. The Morgan fingerprint density at radius 1 is 1.25 bits per heavy atom. The summed E-state index contributed by atoms with van der Waals surface area (Å²) in [5.74, 6) is -1.45. The number of carbonyl (C=O) groups excluding carboxylic acids is 2. The van der Waals surface area contributed by atoms with E-state index in [1.54, 1.807) is 0 Å². The summed E-state index contributed by atoms with van der Waals surface area (Å²) in [7, 11) is 1.51. The maximum Gasteiger partial charge on any atom is 0.326 e. The lowest BCUT2D eigenvalue weighted by Gasteiger charge is -2.29. The van der Waals surface area contributed by atoms with Crippen LogP contribution in [0, 0.1) is 0 Å². The first-order chi connectivity index (χ1) is 9.50. The predicted octanol–water partition coefficient (Wildman–Crippen LogP) is 0.450. The van der Waals surface area contributed by atoms with Gasteiger partial charge in [-0.1, -0.05) is 12.8 Å². The first-order valence-corrected chi connectivity index (χ1v) is 6.88. The van der Waals surface area contributed by atoms with E-state index in [4.69, 9.17) is 0 Å². The Hall–Kier alpha value is -1.92. The summed E-state index contributed by atoms with van der Waals surface area (Å²) in [5, 5.41) is 14.4. The molecular formula is C13H19N3O4. The second-order valence-electron chi connectivity index (χ2n) is 5.17. The molecule has 0 radical (unpaired) electrons. The quantitative estimate of drug-likeness (QED) is 0.795. The minimum atomic E-state index is -0.971. The summed E-state index contributed by atoms with van der Waals surface area (Å²) >= 11 is 0. The summed E-state index contributed by atoms with van der Waals surface area (Å²) in [6.07, 6.45) is 3.54. The van der Waals surface area contributed by atoms with Crippen molar-refractivity contribution in [1.29, 1.82) is 0 Å². The molecule has 2 aliphatic heterocycles. The highest BCUT2D eigenvalue weighted by atomic mass is 16.4. The first kappa shape index (κ1) is 14.5. The summed E-state index contributed by atoms with van der Waals surface area (Å²) in [6, 6.07) is -0.782. The van der Waals surface area contributed by atoms with Crippen molar-refractivity contribution in [2.24, 2.45) is 5.10 Å². The number of hydrogen-bond donors (Lipinski definition) is 1. The van der Waals surface area contributed by atoms with Crippen LogP contribution < -0.4 is 0 Å². The standard InChI is InChI=1S/C13H19N3O4/c1-15-11(17)7-6-9(14-15)12(18)16-8-4-2-3-5-10(16)13(19)20/h10H,2-8H2,1H3,(H,19,20). The number of likely N-dealkylation sites (tertiary alicyclic amines) is 1. The van der Waals surface area contributed by atoms with Gasteiger partial charge in [0.15, 0.2) is 0 Å². The molecule has 0 spiro atoms. The monoisotopic (exact) mass is 281 g/mol. The molecule has 1 fully saturated rings. The second kappa shape index (κ2) is 6.02. The average molecular weight is 281 g/mol. The summed E-state index contributed by atoms with van der Waals surface area (Å²) in [4.78, 5) is 36.6. The third-order valence-corrected chi connectivity index (χ3v) is 3.75. The van der Waals surface area contributed by atoms with Crippen molar-refractivity contribution in [3.05, 3.63) is 0 Å². The average Bonchev–Trinajstić information content (AvgIpc) is 2.66. The fourth-order valence-corrected chi connectivity index (χ4v) is 2.60. The lowest BCUT2D eigenvalue weighted by atomic mass is 10.1. The van der Waals surface area contributed by atoms with E-state index in [9.17, 15) is 19.5 Å². The van der Waals surface area contributed by atoms with Crippen LogP contribution in [0.25, 0.3) is 0 Å². The molecule has 7 nitrogen and oxygen atoms in total. The minimum Gasteiger partial charge on any atom is -0.480 e. The summed E-state index contributed by atoms with van der Waals surface area (Å²) in [5.41, 5.74) is 0.278. The van der Waals surface area contributed by atoms with Crippen molar-refractivity contribution < 1.29 is 19.5 Å². The van der Waals surface area contributed by atoms with Crippen LogP contribution in [0.3, 0.4) is 0 Å². The molecule has 0 saturated carbocycles. The Morgan fingerprint density at radius 3 is 2.65 bits per heavy atom. The molecule has 0 bridgehead atoms. The number of nitrogens with zero attached hydrogens (tertiary/aromatic N) is 3. The van der Waals surface area contributed by atoms with E-state index in [2.05, 4.69) is 5.10 Å². The van der Waals surface area contributed by atoms with E-state index < -0.39 is 12.0 Å². The van der Waals surface area contributed by atoms with E-state index in [-0.39, 0.29) is 30.4 Å². The van der Waals surface area contributed by atoms with Gasteiger partial charge in [0.25, 0.3) is 5.91 Å². The van der Waals surface area contributed by atoms with E-state index in [0.29, 0.717) is 13.0 Å². The van der Waals surface area contributed by atoms with Gasteiger partial charge < -0.3 is 10.0 Å². The molecule has 2 amide bonds. The van der Waals surface area contributed by atoms with Gasteiger partial charge in [-0.3, -0.25) is 9.59 Å². The van der Waals surface area contributed by atoms with Crippen LogP contribution in [0.15, 0.2) is 5.10 Å². The smallest absolute Gasteiger partial charge is 0.326 e. The van der Waals surface area contributed by atoms with E-state index >= 15 is 0 Å². The molecule has 0 aromatic rings. The maximum atomic E-state index is 12.5. The molecule has 1 atom stereocenters. The fraction of sp³-hybridized carbons (Fsp3) is 0.692. The van der Waals surface area contributed by atoms with Crippen LogP contribution in [-0.4, -0.2) is 58.1 Å². The molecule has 0 aromatic heterocycles. The van der Waals surface area contributed by atoms with Gasteiger partial charge in [0.1, 0.15) is 11.8 Å². The molecule has 1 N–H and O–H groups in total. The molecule has 0 aromatic carbocycles. The van der Waals surface area contributed by atoms with Crippen molar-refractivity contribution in [2.45, 2.75) is 44.6 Å². The second-order valence-corrected chi connectivity index (χ2v) is 5.17. The van der Waals surface area contributed by atoms with Gasteiger partial charge in [-0.2, -0.15) is 5.10 Å². The van der Waals surface area contributed by atoms with Crippen LogP contribution in [0.5, 0.6) is 0 Å². The molecule has 0 aliphatic carbocycles. The Kier molecular flexibility index (Phi) is 4.36. The summed E-state index contributed by atoms with van der Waals surface area (Å²) < 4.78 is 0. The van der Waals surface area contributed by atoms with Crippen LogP contribution in [0.2, 0.25) is 0 Å². The number of carboxylic acid groups (broad SMARTS) is 1. The van der Waals surface area contributed by atoms with Gasteiger partial charge in [-0.25, -0.2) is 9.80 Å². The van der Waals surface area contributed by atoms with E-state index in [0.717, 1.165) is 24.3 Å². The minimum absolute atomic E-state index is 0.132. The molecule has 1 saturated heterocycles. The lowest BCUT2D eigenvalue weighted by molar-refractivity contribution is -0.148. The van der Waals surface area contributed by atoms with Crippen molar-refractivity contribution >= 4 is 23.5 Å². The number of hydrogen-bond acceptors (Lipinski definition) is 4. The highest BCUT2D eigenvalue weighted by Crippen LogP contribution is 2.19. The molecule has 110 valence electrons. The Balaban J connectivity index is 2.19. The van der Waals surface area contributed by atoms with Crippen LogP contribution in [-0.2, 0) is 14.4 Å².